The van der Waals surface area contributed by atoms with Crippen molar-refractivity contribution in [1.82, 2.24) is 9.55 Å². The number of nitrogens with zero attached hydrogens (tertiary/aromatic N) is 2. The first kappa shape index (κ1) is 15.9. The number of thioether (sulfide) groups is 1. The number of aromatic nitrogens is 2. The Kier molecular flexibility index (Phi) is 4.61. The zero-order chi connectivity index (χ0) is 15.6. The minimum absolute atomic E-state index is 0.0396. The van der Waals surface area contributed by atoms with Gasteiger partial charge in [-0.2, -0.15) is 0 Å². The van der Waals surface area contributed by atoms with E-state index in [2.05, 4.69) is 43.3 Å². The van der Waals surface area contributed by atoms with Crippen molar-refractivity contribution in [2.24, 2.45) is 5.41 Å². The molecule has 0 radical (unpaired) electrons. The molecule has 0 fully saturated rings. The molecule has 21 heavy (non-hydrogen) atoms. The van der Waals surface area contributed by atoms with Gasteiger partial charge in [0, 0.05) is 6.54 Å². The Hall–Kier alpha value is -1.49. The third kappa shape index (κ3) is 4.00. The van der Waals surface area contributed by atoms with Gasteiger partial charge in [-0.3, -0.25) is 4.79 Å². The first-order valence-corrected chi connectivity index (χ1v) is 8.07. The molecule has 0 aliphatic carbocycles. The molecule has 1 aromatic carbocycles. The first-order chi connectivity index (χ1) is 9.78. The summed E-state index contributed by atoms with van der Waals surface area (Å²) < 4.78 is 2.17. The smallest absolute Gasteiger partial charge is 0.313 e. The molecule has 0 saturated heterocycles. The van der Waals surface area contributed by atoms with Crippen molar-refractivity contribution in [3.63, 3.8) is 0 Å². The largest absolute Gasteiger partial charge is 0.481 e. The number of hydrogen-bond acceptors (Lipinski definition) is 3. The summed E-state index contributed by atoms with van der Waals surface area (Å²) in [6, 6.07) is 6.05. The summed E-state index contributed by atoms with van der Waals surface area (Å²) in [4.78, 5) is 15.4. The standard InChI is InChI=1S/C16H22N2O2S/c1-11-6-5-7-12-14(11)18(9-8-16(2,3)4)15(17-12)21-10-13(19)20/h5-7H,8-10H2,1-4H3,(H,19,20). The maximum atomic E-state index is 10.8. The third-order valence-electron chi connectivity index (χ3n) is 3.34. The lowest BCUT2D eigenvalue weighted by Crippen LogP contribution is -2.12. The molecule has 0 unspecified atom stereocenters. The fraction of sp³-hybridized carbons (Fsp3) is 0.500. The van der Waals surface area contributed by atoms with Crippen molar-refractivity contribution in [1.29, 1.82) is 0 Å². The Bertz CT molecular complexity index is 656. The van der Waals surface area contributed by atoms with Crippen molar-refractivity contribution in [3.8, 4) is 0 Å². The van der Waals surface area contributed by atoms with Gasteiger partial charge in [-0.05, 0) is 30.4 Å². The van der Waals surface area contributed by atoms with Gasteiger partial charge in [0.2, 0.25) is 0 Å². The molecule has 2 aromatic rings. The van der Waals surface area contributed by atoms with Gasteiger partial charge < -0.3 is 9.67 Å². The highest BCUT2D eigenvalue weighted by Gasteiger charge is 2.17. The van der Waals surface area contributed by atoms with Crippen LogP contribution in [0.15, 0.2) is 23.4 Å². The maximum Gasteiger partial charge on any atom is 0.313 e. The Balaban J connectivity index is 2.41. The highest BCUT2D eigenvalue weighted by Crippen LogP contribution is 2.29. The molecule has 0 aliphatic rings. The number of aryl methyl sites for hydroxylation is 2. The summed E-state index contributed by atoms with van der Waals surface area (Å²) in [6.07, 6.45) is 1.02. The van der Waals surface area contributed by atoms with E-state index >= 15 is 0 Å². The van der Waals surface area contributed by atoms with E-state index in [1.54, 1.807) is 0 Å². The zero-order valence-corrected chi connectivity index (χ0v) is 13.8. The van der Waals surface area contributed by atoms with Crippen LogP contribution in [0, 0.1) is 12.3 Å². The van der Waals surface area contributed by atoms with Crippen LogP contribution in [0.2, 0.25) is 0 Å². The Labute approximate surface area is 129 Å². The molecule has 1 aromatic heterocycles. The van der Waals surface area contributed by atoms with Crippen LogP contribution in [-0.2, 0) is 11.3 Å². The molecule has 0 aliphatic heterocycles. The average molecular weight is 306 g/mol. The molecular formula is C16H22N2O2S. The molecule has 0 saturated carbocycles. The number of hydrogen-bond donors (Lipinski definition) is 1. The summed E-state index contributed by atoms with van der Waals surface area (Å²) in [5, 5.41) is 9.69. The fourth-order valence-electron chi connectivity index (χ4n) is 2.24. The van der Waals surface area contributed by atoms with Gasteiger partial charge in [-0.15, -0.1) is 0 Å². The van der Waals surface area contributed by atoms with Crippen LogP contribution in [0.3, 0.4) is 0 Å². The molecule has 1 N–H and O–H groups in total. The molecule has 2 rings (SSSR count). The van der Waals surface area contributed by atoms with Gasteiger partial charge in [0.1, 0.15) is 0 Å². The first-order valence-electron chi connectivity index (χ1n) is 7.08. The summed E-state index contributed by atoms with van der Waals surface area (Å²) >= 11 is 1.29. The fourth-order valence-corrected chi connectivity index (χ4v) is 2.99. The molecule has 0 bridgehead atoms. The minimum atomic E-state index is -0.814. The van der Waals surface area contributed by atoms with E-state index in [9.17, 15) is 4.79 Å². The molecule has 5 heteroatoms. The van der Waals surface area contributed by atoms with Crippen molar-refractivity contribution in [2.45, 2.75) is 45.8 Å². The monoisotopic (exact) mass is 306 g/mol. The summed E-state index contributed by atoms with van der Waals surface area (Å²) in [5.41, 5.74) is 3.47. The molecule has 1 heterocycles. The van der Waals surface area contributed by atoms with Crippen LogP contribution >= 0.6 is 11.8 Å². The number of fused-ring (bicyclic) bond motifs is 1. The third-order valence-corrected chi connectivity index (χ3v) is 4.30. The van der Waals surface area contributed by atoms with Crippen LogP contribution < -0.4 is 0 Å². The number of imidazole rings is 1. The molecule has 0 atom stereocenters. The van der Waals surface area contributed by atoms with Crippen LogP contribution in [0.4, 0.5) is 0 Å². The summed E-state index contributed by atoms with van der Waals surface area (Å²) in [7, 11) is 0. The summed E-state index contributed by atoms with van der Waals surface area (Å²) in [6.45, 7) is 9.56. The molecule has 114 valence electrons. The van der Waals surface area contributed by atoms with Crippen molar-refractivity contribution in [2.75, 3.05) is 5.75 Å². The number of carboxylic acids is 1. The van der Waals surface area contributed by atoms with E-state index in [0.29, 0.717) is 0 Å². The van der Waals surface area contributed by atoms with Gasteiger partial charge in [-0.25, -0.2) is 4.98 Å². The number of para-hydroxylation sites is 1. The topological polar surface area (TPSA) is 55.1 Å². The molecular weight excluding hydrogens is 284 g/mol. The Morgan fingerprint density at radius 3 is 2.71 bits per heavy atom. The van der Waals surface area contributed by atoms with E-state index in [1.165, 1.54) is 17.3 Å². The van der Waals surface area contributed by atoms with Crippen molar-refractivity contribution >= 4 is 28.8 Å². The van der Waals surface area contributed by atoms with Crippen LogP contribution in [-0.4, -0.2) is 26.4 Å². The van der Waals surface area contributed by atoms with E-state index in [4.69, 9.17) is 5.11 Å². The highest BCUT2D eigenvalue weighted by atomic mass is 32.2. The van der Waals surface area contributed by atoms with E-state index in [-0.39, 0.29) is 11.2 Å². The van der Waals surface area contributed by atoms with Gasteiger partial charge in [0.05, 0.1) is 16.8 Å². The van der Waals surface area contributed by atoms with Crippen LogP contribution in [0.25, 0.3) is 11.0 Å². The average Bonchev–Trinajstić information content (AvgIpc) is 2.72. The van der Waals surface area contributed by atoms with Crippen LogP contribution in [0.1, 0.15) is 32.8 Å². The lowest BCUT2D eigenvalue weighted by molar-refractivity contribution is -0.133. The van der Waals surface area contributed by atoms with Crippen molar-refractivity contribution < 1.29 is 9.90 Å². The molecule has 0 amide bonds. The van der Waals surface area contributed by atoms with E-state index < -0.39 is 5.97 Å². The van der Waals surface area contributed by atoms with Gasteiger partial charge >= 0.3 is 5.97 Å². The predicted molar refractivity (Wildman–Crippen MR) is 86.9 cm³/mol. The van der Waals surface area contributed by atoms with Crippen LogP contribution in [0.5, 0.6) is 0 Å². The van der Waals surface area contributed by atoms with Gasteiger partial charge in [0.15, 0.2) is 5.16 Å². The highest BCUT2D eigenvalue weighted by molar-refractivity contribution is 7.99. The van der Waals surface area contributed by atoms with E-state index in [1.807, 2.05) is 12.1 Å². The SMILES string of the molecule is Cc1cccc2nc(SCC(=O)O)n(CCC(C)(C)C)c12. The van der Waals surface area contributed by atoms with Gasteiger partial charge in [0.25, 0.3) is 0 Å². The molecule has 4 nitrogen and oxygen atoms in total. The van der Waals surface area contributed by atoms with Crippen molar-refractivity contribution in [3.05, 3.63) is 23.8 Å². The lowest BCUT2D eigenvalue weighted by atomic mass is 9.92. The zero-order valence-electron chi connectivity index (χ0n) is 13.0. The quantitative estimate of drug-likeness (QED) is 0.850. The molecule has 0 spiro atoms. The summed E-state index contributed by atoms with van der Waals surface area (Å²) in [5.74, 6) is -0.774. The predicted octanol–water partition coefficient (Wildman–Crippen LogP) is 3.96. The van der Waals surface area contributed by atoms with Gasteiger partial charge in [-0.1, -0.05) is 44.7 Å². The Morgan fingerprint density at radius 2 is 2.10 bits per heavy atom. The second kappa shape index (κ2) is 6.10. The second-order valence-electron chi connectivity index (χ2n) is 6.48. The number of aliphatic carboxylic acids is 1. The maximum absolute atomic E-state index is 10.8. The number of rotatable bonds is 5. The second-order valence-corrected chi connectivity index (χ2v) is 7.42. The minimum Gasteiger partial charge on any atom is -0.481 e. The normalized spacial score (nSPS) is 12.0. The Morgan fingerprint density at radius 1 is 1.38 bits per heavy atom. The lowest BCUT2D eigenvalue weighted by Gasteiger charge is -2.19. The van der Waals surface area contributed by atoms with E-state index in [0.717, 1.165) is 29.2 Å². The number of carboxylic acid groups (broad SMARTS) is 1. The number of benzene rings is 1. The number of carbonyl (C=O) groups is 1.